The van der Waals surface area contributed by atoms with Crippen molar-refractivity contribution in [2.24, 2.45) is 0 Å². The summed E-state index contributed by atoms with van der Waals surface area (Å²) in [5.41, 5.74) is 0. The van der Waals surface area contributed by atoms with Gasteiger partial charge in [-0.05, 0) is 25.1 Å². The van der Waals surface area contributed by atoms with Gasteiger partial charge >= 0.3 is 0 Å². The lowest BCUT2D eigenvalue weighted by atomic mass is 10.3. The van der Waals surface area contributed by atoms with E-state index in [1.807, 2.05) is 0 Å². The van der Waals surface area contributed by atoms with E-state index in [-0.39, 0.29) is 11.9 Å². The van der Waals surface area contributed by atoms with Crippen molar-refractivity contribution in [2.45, 2.75) is 19.4 Å². The highest BCUT2D eigenvalue weighted by Crippen LogP contribution is 2.21. The predicted molar refractivity (Wildman–Crippen MR) is 73.6 cm³/mol. The monoisotopic (exact) mass is 319 g/mol. The fourth-order valence-corrected chi connectivity index (χ4v) is 1.99. The van der Waals surface area contributed by atoms with Gasteiger partial charge in [0.15, 0.2) is 0 Å². The summed E-state index contributed by atoms with van der Waals surface area (Å²) in [7, 11) is 1.62. The van der Waals surface area contributed by atoms with E-state index in [2.05, 4.69) is 28.2 Å². The first kappa shape index (κ1) is 15.4. The molecule has 0 saturated carbocycles. The fraction of sp³-hybridized carbons (Fsp3) is 0.538. The Morgan fingerprint density at radius 3 is 2.78 bits per heavy atom. The maximum absolute atomic E-state index is 13.2. The van der Waals surface area contributed by atoms with Gasteiger partial charge in [0.05, 0.1) is 6.61 Å². The summed E-state index contributed by atoms with van der Waals surface area (Å²) in [5.74, 6) is 0.180. The minimum atomic E-state index is -0.322. The van der Waals surface area contributed by atoms with Crippen LogP contribution in [0.25, 0.3) is 0 Å². The van der Waals surface area contributed by atoms with E-state index in [1.54, 1.807) is 13.2 Å². The maximum atomic E-state index is 13.2. The van der Waals surface area contributed by atoms with E-state index in [1.165, 1.54) is 12.1 Å². The second kappa shape index (κ2) is 8.45. The Balaban J connectivity index is 2.58. The maximum Gasteiger partial charge on any atom is 0.134 e. The molecule has 18 heavy (non-hydrogen) atoms. The van der Waals surface area contributed by atoms with Gasteiger partial charge in [-0.2, -0.15) is 0 Å². The predicted octanol–water partition coefficient (Wildman–Crippen LogP) is 2.98. The molecule has 0 amide bonds. The van der Waals surface area contributed by atoms with Crippen molar-refractivity contribution in [2.75, 3.05) is 26.8 Å². The Hall–Kier alpha value is -0.650. The van der Waals surface area contributed by atoms with Gasteiger partial charge in [0.25, 0.3) is 0 Å². The minimum Gasteiger partial charge on any atom is -0.487 e. The lowest BCUT2D eigenvalue weighted by Crippen LogP contribution is -2.35. The first-order valence-corrected chi connectivity index (χ1v) is 6.77. The van der Waals surface area contributed by atoms with Crippen LogP contribution in [0, 0.1) is 5.82 Å². The summed E-state index contributed by atoms with van der Waals surface area (Å²) >= 11 is 3.24. The molecule has 0 aliphatic heterocycles. The molecular formula is C13H19BrFNO2. The van der Waals surface area contributed by atoms with E-state index in [0.717, 1.165) is 13.0 Å². The van der Waals surface area contributed by atoms with Crippen LogP contribution in [-0.2, 0) is 4.74 Å². The van der Waals surface area contributed by atoms with Gasteiger partial charge in [0.1, 0.15) is 17.7 Å². The Kier molecular flexibility index (Phi) is 7.23. The molecule has 5 heteroatoms. The molecular weight excluding hydrogens is 301 g/mol. The number of rotatable bonds is 8. The van der Waals surface area contributed by atoms with Gasteiger partial charge in [0, 0.05) is 24.2 Å². The zero-order chi connectivity index (χ0) is 13.4. The normalized spacial score (nSPS) is 12.4. The average molecular weight is 320 g/mol. The summed E-state index contributed by atoms with van der Waals surface area (Å²) in [6, 6.07) is 4.51. The van der Waals surface area contributed by atoms with Crippen molar-refractivity contribution in [3.63, 3.8) is 0 Å². The lowest BCUT2D eigenvalue weighted by molar-refractivity contribution is 0.0805. The summed E-state index contributed by atoms with van der Waals surface area (Å²) in [6.07, 6.45) is 0.931. The third kappa shape index (κ3) is 5.80. The van der Waals surface area contributed by atoms with Crippen LogP contribution >= 0.6 is 15.9 Å². The average Bonchev–Trinajstić information content (AvgIpc) is 2.28. The third-order valence-corrected chi connectivity index (χ3v) is 2.75. The van der Waals surface area contributed by atoms with Gasteiger partial charge in [-0.15, -0.1) is 0 Å². The van der Waals surface area contributed by atoms with Crippen molar-refractivity contribution >= 4 is 15.9 Å². The van der Waals surface area contributed by atoms with E-state index < -0.39 is 0 Å². The molecule has 0 heterocycles. The SMILES string of the molecule is CCCNCC(COC)Oc1cc(F)cc(Br)c1. The lowest BCUT2D eigenvalue weighted by Gasteiger charge is -2.19. The van der Waals surface area contributed by atoms with Crippen LogP contribution in [-0.4, -0.2) is 32.9 Å². The highest BCUT2D eigenvalue weighted by atomic mass is 79.9. The molecule has 0 spiro atoms. The smallest absolute Gasteiger partial charge is 0.134 e. The molecule has 0 aromatic heterocycles. The van der Waals surface area contributed by atoms with Crippen LogP contribution in [0.3, 0.4) is 0 Å². The number of benzene rings is 1. The second-order valence-electron chi connectivity index (χ2n) is 4.00. The van der Waals surface area contributed by atoms with Gasteiger partial charge < -0.3 is 14.8 Å². The second-order valence-corrected chi connectivity index (χ2v) is 4.92. The molecule has 1 aromatic carbocycles. The quantitative estimate of drug-likeness (QED) is 0.747. The van der Waals surface area contributed by atoms with E-state index >= 15 is 0 Å². The third-order valence-electron chi connectivity index (χ3n) is 2.29. The summed E-state index contributed by atoms with van der Waals surface area (Å²) in [5, 5.41) is 3.26. The van der Waals surface area contributed by atoms with Crippen molar-refractivity contribution in [1.29, 1.82) is 0 Å². The number of hydrogen-bond acceptors (Lipinski definition) is 3. The van der Waals surface area contributed by atoms with E-state index in [4.69, 9.17) is 9.47 Å². The first-order valence-electron chi connectivity index (χ1n) is 5.98. The van der Waals surface area contributed by atoms with Crippen LogP contribution in [0.4, 0.5) is 4.39 Å². The molecule has 0 saturated heterocycles. The standard InChI is InChI=1S/C13H19BrFNO2/c1-3-4-16-8-13(9-17-2)18-12-6-10(14)5-11(15)7-12/h5-7,13,16H,3-4,8-9H2,1-2H3. The Morgan fingerprint density at radius 1 is 1.39 bits per heavy atom. The molecule has 0 aliphatic carbocycles. The molecule has 1 aromatic rings. The van der Waals surface area contributed by atoms with E-state index in [0.29, 0.717) is 23.4 Å². The van der Waals surface area contributed by atoms with Gasteiger partial charge in [0.2, 0.25) is 0 Å². The summed E-state index contributed by atoms with van der Waals surface area (Å²) < 4.78 is 24.7. The highest BCUT2D eigenvalue weighted by Gasteiger charge is 2.11. The summed E-state index contributed by atoms with van der Waals surface area (Å²) in [6.45, 7) is 4.17. The van der Waals surface area contributed by atoms with Crippen LogP contribution in [0.2, 0.25) is 0 Å². The summed E-state index contributed by atoms with van der Waals surface area (Å²) in [4.78, 5) is 0. The van der Waals surface area contributed by atoms with E-state index in [9.17, 15) is 4.39 Å². The number of methoxy groups -OCH3 is 1. The highest BCUT2D eigenvalue weighted by molar-refractivity contribution is 9.10. The minimum absolute atomic E-state index is 0.129. The van der Waals surface area contributed by atoms with Gasteiger partial charge in [-0.3, -0.25) is 0 Å². The first-order chi connectivity index (χ1) is 8.65. The molecule has 0 aliphatic rings. The zero-order valence-electron chi connectivity index (χ0n) is 10.7. The number of halogens is 2. The Labute approximate surface area is 116 Å². The van der Waals surface area contributed by atoms with Crippen molar-refractivity contribution in [3.05, 3.63) is 28.5 Å². The Morgan fingerprint density at radius 2 is 2.17 bits per heavy atom. The molecule has 102 valence electrons. The molecule has 0 fully saturated rings. The number of hydrogen-bond donors (Lipinski definition) is 1. The van der Waals surface area contributed by atoms with Crippen molar-refractivity contribution in [3.8, 4) is 5.75 Å². The molecule has 3 nitrogen and oxygen atoms in total. The molecule has 1 N–H and O–H groups in total. The molecule has 0 radical (unpaired) electrons. The molecule has 1 unspecified atom stereocenters. The van der Waals surface area contributed by atoms with Crippen molar-refractivity contribution in [1.82, 2.24) is 5.32 Å². The fourth-order valence-electron chi connectivity index (χ4n) is 1.55. The molecule has 1 rings (SSSR count). The number of ether oxygens (including phenoxy) is 2. The van der Waals surface area contributed by atoms with Gasteiger partial charge in [-0.1, -0.05) is 22.9 Å². The largest absolute Gasteiger partial charge is 0.487 e. The van der Waals surface area contributed by atoms with Crippen molar-refractivity contribution < 1.29 is 13.9 Å². The molecule has 1 atom stereocenters. The Bertz CT molecular complexity index is 343. The van der Waals surface area contributed by atoms with Crippen LogP contribution < -0.4 is 10.1 Å². The number of nitrogens with one attached hydrogen (secondary N) is 1. The van der Waals surface area contributed by atoms with Crippen LogP contribution in [0.1, 0.15) is 13.3 Å². The van der Waals surface area contributed by atoms with Gasteiger partial charge in [-0.25, -0.2) is 4.39 Å². The van der Waals surface area contributed by atoms with Crippen LogP contribution in [0.15, 0.2) is 22.7 Å². The molecule has 0 bridgehead atoms. The zero-order valence-corrected chi connectivity index (χ0v) is 12.3. The topological polar surface area (TPSA) is 30.5 Å². The van der Waals surface area contributed by atoms with Crippen LogP contribution in [0.5, 0.6) is 5.75 Å².